The first-order valence-corrected chi connectivity index (χ1v) is 8.44. The third-order valence-corrected chi connectivity index (χ3v) is 4.35. The highest BCUT2D eigenvalue weighted by atomic mass is 16.5. The monoisotopic (exact) mass is 349 g/mol. The van der Waals surface area contributed by atoms with Crippen molar-refractivity contribution in [2.24, 2.45) is 5.41 Å². The van der Waals surface area contributed by atoms with Gasteiger partial charge in [-0.3, -0.25) is 9.59 Å². The molecule has 3 rings (SSSR count). The predicted molar refractivity (Wildman–Crippen MR) is 97.7 cm³/mol. The van der Waals surface area contributed by atoms with Gasteiger partial charge in [0.15, 0.2) is 0 Å². The first-order chi connectivity index (χ1) is 12.6. The van der Waals surface area contributed by atoms with Gasteiger partial charge in [0.2, 0.25) is 11.8 Å². The van der Waals surface area contributed by atoms with Crippen LogP contribution in [0.15, 0.2) is 48.5 Å². The zero-order valence-electron chi connectivity index (χ0n) is 14.4. The number of nitrogens with zero attached hydrogens (tertiary/aromatic N) is 1. The number of nitrogens with one attached hydrogen (secondary N) is 2. The van der Waals surface area contributed by atoms with E-state index in [0.717, 1.165) is 0 Å². The van der Waals surface area contributed by atoms with E-state index in [-0.39, 0.29) is 5.91 Å². The molecule has 0 saturated heterocycles. The average molecular weight is 349 g/mol. The van der Waals surface area contributed by atoms with E-state index in [4.69, 9.17) is 10.00 Å². The summed E-state index contributed by atoms with van der Waals surface area (Å²) in [5.74, 6) is -0.197. The van der Waals surface area contributed by atoms with Gasteiger partial charge < -0.3 is 15.4 Å². The maximum absolute atomic E-state index is 12.7. The van der Waals surface area contributed by atoms with Gasteiger partial charge in [-0.15, -0.1) is 0 Å². The van der Waals surface area contributed by atoms with Crippen LogP contribution in [-0.4, -0.2) is 18.4 Å². The number of para-hydroxylation sites is 3. The quantitative estimate of drug-likeness (QED) is 0.783. The van der Waals surface area contributed by atoms with Gasteiger partial charge in [-0.1, -0.05) is 24.3 Å². The molecule has 1 saturated carbocycles. The van der Waals surface area contributed by atoms with Crippen LogP contribution >= 0.6 is 0 Å². The topological polar surface area (TPSA) is 91.2 Å². The van der Waals surface area contributed by atoms with E-state index in [9.17, 15) is 9.59 Å². The first-order valence-electron chi connectivity index (χ1n) is 8.44. The number of ether oxygens (including phenoxy) is 1. The fraction of sp³-hybridized carbons (Fsp3) is 0.250. The Morgan fingerprint density at radius 2 is 1.62 bits per heavy atom. The number of amides is 2. The second kappa shape index (κ2) is 7.28. The maximum atomic E-state index is 12.7. The van der Waals surface area contributed by atoms with Crippen LogP contribution in [0.4, 0.5) is 11.4 Å². The van der Waals surface area contributed by atoms with Crippen molar-refractivity contribution >= 4 is 23.2 Å². The molecule has 1 aliphatic rings. The van der Waals surface area contributed by atoms with Crippen molar-refractivity contribution in [2.45, 2.75) is 19.8 Å². The average Bonchev–Trinajstić information content (AvgIpc) is 3.46. The Kier molecular flexibility index (Phi) is 4.90. The summed E-state index contributed by atoms with van der Waals surface area (Å²) >= 11 is 0. The molecule has 2 aromatic rings. The van der Waals surface area contributed by atoms with E-state index in [2.05, 4.69) is 10.6 Å². The van der Waals surface area contributed by atoms with Crippen molar-refractivity contribution < 1.29 is 14.3 Å². The van der Waals surface area contributed by atoms with Gasteiger partial charge in [0.05, 0.1) is 23.5 Å². The summed E-state index contributed by atoms with van der Waals surface area (Å²) in [5, 5.41) is 14.7. The highest BCUT2D eigenvalue weighted by Crippen LogP contribution is 2.48. The minimum atomic E-state index is -1.11. The van der Waals surface area contributed by atoms with Crippen LogP contribution in [0.2, 0.25) is 0 Å². The van der Waals surface area contributed by atoms with Gasteiger partial charge in [-0.05, 0) is 44.0 Å². The third-order valence-electron chi connectivity index (χ3n) is 4.35. The number of rotatable bonds is 6. The maximum Gasteiger partial charge on any atom is 0.240 e. The molecule has 26 heavy (non-hydrogen) atoms. The third kappa shape index (κ3) is 3.38. The lowest BCUT2D eigenvalue weighted by molar-refractivity contribution is -0.131. The number of anilines is 2. The Morgan fingerprint density at radius 1 is 1.04 bits per heavy atom. The molecule has 6 heteroatoms. The molecule has 0 heterocycles. The Hall–Kier alpha value is -3.33. The second-order valence-corrected chi connectivity index (χ2v) is 6.08. The van der Waals surface area contributed by atoms with Crippen LogP contribution in [0.3, 0.4) is 0 Å². The van der Waals surface area contributed by atoms with Crippen LogP contribution in [-0.2, 0) is 9.59 Å². The molecular formula is C20H19N3O3. The molecule has 0 spiro atoms. The van der Waals surface area contributed by atoms with Crippen LogP contribution in [0.25, 0.3) is 0 Å². The lowest BCUT2D eigenvalue weighted by atomic mass is 10.0. The molecule has 0 bridgehead atoms. The number of benzene rings is 2. The molecular weight excluding hydrogens is 330 g/mol. The van der Waals surface area contributed by atoms with E-state index in [1.807, 2.05) is 19.1 Å². The largest absolute Gasteiger partial charge is 0.492 e. The normalized spacial score (nSPS) is 14.0. The lowest BCUT2D eigenvalue weighted by Crippen LogP contribution is -2.35. The fourth-order valence-electron chi connectivity index (χ4n) is 2.71. The molecule has 6 nitrogen and oxygen atoms in total. The van der Waals surface area contributed by atoms with E-state index >= 15 is 0 Å². The fourth-order valence-corrected chi connectivity index (χ4v) is 2.71. The zero-order valence-corrected chi connectivity index (χ0v) is 14.4. The molecule has 2 N–H and O–H groups in total. The van der Waals surface area contributed by atoms with Crippen molar-refractivity contribution in [2.75, 3.05) is 17.2 Å². The molecule has 0 atom stereocenters. The van der Waals surface area contributed by atoms with Crippen LogP contribution in [0, 0.1) is 16.7 Å². The summed E-state index contributed by atoms with van der Waals surface area (Å²) in [5.41, 5.74) is 0.199. The minimum Gasteiger partial charge on any atom is -0.492 e. The Morgan fingerprint density at radius 3 is 2.23 bits per heavy atom. The number of nitriles is 1. The zero-order chi connectivity index (χ0) is 18.6. The SMILES string of the molecule is CCOc1ccccc1NC(=O)C1(C(=O)Nc2ccccc2C#N)CC1. The minimum absolute atomic E-state index is 0.360. The summed E-state index contributed by atoms with van der Waals surface area (Å²) in [6.45, 7) is 2.34. The molecule has 0 unspecified atom stereocenters. The van der Waals surface area contributed by atoms with Crippen LogP contribution in [0.1, 0.15) is 25.3 Å². The van der Waals surface area contributed by atoms with Gasteiger partial charge in [0.1, 0.15) is 17.2 Å². The standard InChI is InChI=1S/C20H19N3O3/c1-2-26-17-10-6-5-9-16(17)23-19(25)20(11-12-20)18(24)22-15-8-4-3-7-14(15)13-21/h3-10H,2,11-12H2,1H3,(H,22,24)(H,23,25). The summed E-state index contributed by atoms with van der Waals surface area (Å²) in [6.07, 6.45) is 0.937. The highest BCUT2D eigenvalue weighted by molar-refractivity contribution is 6.17. The molecule has 0 radical (unpaired) electrons. The van der Waals surface area contributed by atoms with Crippen LogP contribution in [0.5, 0.6) is 5.75 Å². The summed E-state index contributed by atoms with van der Waals surface area (Å²) in [4.78, 5) is 25.4. The molecule has 2 amide bonds. The van der Waals surface area contributed by atoms with Crippen molar-refractivity contribution in [1.29, 1.82) is 5.26 Å². The van der Waals surface area contributed by atoms with Crippen molar-refractivity contribution in [1.82, 2.24) is 0 Å². The van der Waals surface area contributed by atoms with E-state index in [0.29, 0.717) is 42.1 Å². The second-order valence-electron chi connectivity index (χ2n) is 6.08. The smallest absolute Gasteiger partial charge is 0.240 e. The molecule has 0 aliphatic heterocycles. The Balaban J connectivity index is 1.75. The summed E-state index contributed by atoms with van der Waals surface area (Å²) < 4.78 is 5.51. The van der Waals surface area contributed by atoms with Gasteiger partial charge in [0.25, 0.3) is 0 Å². The molecule has 0 aromatic heterocycles. The number of carbonyl (C=O) groups excluding carboxylic acids is 2. The van der Waals surface area contributed by atoms with Gasteiger partial charge >= 0.3 is 0 Å². The van der Waals surface area contributed by atoms with E-state index in [1.54, 1.807) is 42.5 Å². The van der Waals surface area contributed by atoms with E-state index < -0.39 is 11.3 Å². The summed E-state index contributed by atoms with van der Waals surface area (Å²) in [6, 6.07) is 15.9. The number of carbonyl (C=O) groups is 2. The van der Waals surface area contributed by atoms with Gasteiger partial charge in [-0.2, -0.15) is 5.26 Å². The Labute approximate surface area is 151 Å². The predicted octanol–water partition coefficient (Wildman–Crippen LogP) is 3.31. The van der Waals surface area contributed by atoms with Gasteiger partial charge in [-0.25, -0.2) is 0 Å². The highest BCUT2D eigenvalue weighted by Gasteiger charge is 2.56. The first kappa shape index (κ1) is 17.5. The Bertz CT molecular complexity index is 882. The van der Waals surface area contributed by atoms with E-state index in [1.165, 1.54) is 0 Å². The molecule has 132 valence electrons. The van der Waals surface area contributed by atoms with Crippen molar-refractivity contribution in [3.8, 4) is 11.8 Å². The summed E-state index contributed by atoms with van der Waals surface area (Å²) in [7, 11) is 0. The molecule has 2 aromatic carbocycles. The molecule has 1 fully saturated rings. The van der Waals surface area contributed by atoms with Crippen molar-refractivity contribution in [3.05, 3.63) is 54.1 Å². The number of hydrogen-bond donors (Lipinski definition) is 2. The van der Waals surface area contributed by atoms with Gasteiger partial charge in [0, 0.05) is 0 Å². The lowest BCUT2D eigenvalue weighted by Gasteiger charge is -2.17. The molecule has 1 aliphatic carbocycles. The van der Waals surface area contributed by atoms with Crippen LogP contribution < -0.4 is 15.4 Å². The number of hydrogen-bond acceptors (Lipinski definition) is 4. The van der Waals surface area contributed by atoms with Crippen molar-refractivity contribution in [3.63, 3.8) is 0 Å².